The molecule has 104 valence electrons. The molecule has 0 aromatic heterocycles. The van der Waals surface area contributed by atoms with Crippen LogP contribution in [0.25, 0.3) is 0 Å². The molecule has 1 aliphatic carbocycles. The number of nitro benzene ring substituents is 1. The van der Waals surface area contributed by atoms with E-state index < -0.39 is 0 Å². The van der Waals surface area contributed by atoms with Gasteiger partial charge in [-0.2, -0.15) is 0 Å². The number of nitrogens with one attached hydrogen (secondary N) is 1. The van der Waals surface area contributed by atoms with E-state index in [1.165, 1.54) is 25.3 Å². The van der Waals surface area contributed by atoms with Gasteiger partial charge in [-0.25, -0.2) is 0 Å². The molecule has 0 spiro atoms. The Bertz CT molecular complexity index is 465. The van der Waals surface area contributed by atoms with E-state index in [1.807, 2.05) is 0 Å². The van der Waals surface area contributed by atoms with Crippen molar-refractivity contribution >= 4 is 17.3 Å². The zero-order chi connectivity index (χ0) is 13.8. The first kappa shape index (κ1) is 14.3. The van der Waals surface area contributed by atoms with Gasteiger partial charge in [0.05, 0.1) is 15.5 Å². The van der Waals surface area contributed by atoms with Gasteiger partial charge >= 0.3 is 0 Å². The highest BCUT2D eigenvalue weighted by Crippen LogP contribution is 2.31. The quantitative estimate of drug-likeness (QED) is 0.660. The van der Waals surface area contributed by atoms with Gasteiger partial charge in [-0.05, 0) is 30.9 Å². The van der Waals surface area contributed by atoms with Crippen LogP contribution in [0.4, 0.5) is 5.69 Å². The van der Waals surface area contributed by atoms with E-state index in [-0.39, 0.29) is 10.6 Å². The number of hydrogen-bond donors (Lipinski definition) is 1. The van der Waals surface area contributed by atoms with Gasteiger partial charge in [0.2, 0.25) is 0 Å². The minimum atomic E-state index is -0.374. The average molecular weight is 283 g/mol. The first-order valence-electron chi connectivity index (χ1n) is 6.72. The summed E-state index contributed by atoms with van der Waals surface area (Å²) in [5, 5.41) is 14.7. The molecule has 0 aliphatic heterocycles. The van der Waals surface area contributed by atoms with Crippen LogP contribution in [0.5, 0.6) is 0 Å². The SMILES string of the molecule is CC1CCCC1CNCc1c(Cl)cccc1[N+](=O)[O-]. The molecule has 1 saturated carbocycles. The average Bonchev–Trinajstić information content (AvgIpc) is 2.77. The fourth-order valence-corrected chi connectivity index (χ4v) is 3.04. The Labute approximate surface area is 118 Å². The van der Waals surface area contributed by atoms with E-state index in [0.29, 0.717) is 23.0 Å². The van der Waals surface area contributed by atoms with Crippen LogP contribution in [0.1, 0.15) is 31.7 Å². The van der Waals surface area contributed by atoms with Gasteiger partial charge in [0, 0.05) is 12.6 Å². The predicted octanol–water partition coefficient (Wildman–Crippen LogP) is 3.77. The van der Waals surface area contributed by atoms with Gasteiger partial charge in [0.25, 0.3) is 5.69 Å². The molecule has 4 nitrogen and oxygen atoms in total. The molecular weight excluding hydrogens is 264 g/mol. The smallest absolute Gasteiger partial charge is 0.275 e. The minimum Gasteiger partial charge on any atom is -0.312 e. The summed E-state index contributed by atoms with van der Waals surface area (Å²) >= 11 is 6.05. The molecule has 1 aromatic carbocycles. The first-order chi connectivity index (χ1) is 9.09. The number of nitro groups is 1. The lowest BCUT2D eigenvalue weighted by Gasteiger charge is -2.16. The Morgan fingerprint density at radius 1 is 1.47 bits per heavy atom. The minimum absolute atomic E-state index is 0.0967. The zero-order valence-corrected chi connectivity index (χ0v) is 11.8. The van der Waals surface area contributed by atoms with Crippen molar-refractivity contribution in [3.05, 3.63) is 38.9 Å². The number of rotatable bonds is 5. The van der Waals surface area contributed by atoms with E-state index in [2.05, 4.69) is 12.2 Å². The monoisotopic (exact) mass is 282 g/mol. The molecule has 19 heavy (non-hydrogen) atoms. The molecule has 1 aliphatic rings. The molecule has 2 atom stereocenters. The lowest BCUT2D eigenvalue weighted by molar-refractivity contribution is -0.385. The standard InChI is InChI=1S/C14H19ClN2O2/c1-10-4-2-5-11(10)8-16-9-12-13(15)6-3-7-14(12)17(18)19/h3,6-7,10-11,16H,2,4-5,8-9H2,1H3. The van der Waals surface area contributed by atoms with Crippen molar-refractivity contribution in [1.82, 2.24) is 5.32 Å². The van der Waals surface area contributed by atoms with Gasteiger partial charge in [-0.15, -0.1) is 0 Å². The lowest BCUT2D eigenvalue weighted by Crippen LogP contribution is -2.24. The zero-order valence-electron chi connectivity index (χ0n) is 11.1. The summed E-state index contributed by atoms with van der Waals surface area (Å²) in [6, 6.07) is 4.81. The Morgan fingerprint density at radius 2 is 2.26 bits per heavy atom. The number of nitrogens with zero attached hydrogens (tertiary/aromatic N) is 1. The predicted molar refractivity (Wildman–Crippen MR) is 76.3 cm³/mol. The molecule has 5 heteroatoms. The van der Waals surface area contributed by atoms with Crippen molar-refractivity contribution in [1.29, 1.82) is 0 Å². The Balaban J connectivity index is 1.97. The van der Waals surface area contributed by atoms with Gasteiger partial charge in [-0.1, -0.05) is 37.4 Å². The van der Waals surface area contributed by atoms with Gasteiger partial charge in [0.15, 0.2) is 0 Å². The van der Waals surface area contributed by atoms with E-state index in [1.54, 1.807) is 12.1 Å². The fourth-order valence-electron chi connectivity index (χ4n) is 2.80. The van der Waals surface area contributed by atoms with Crippen LogP contribution in [0.2, 0.25) is 5.02 Å². The fraction of sp³-hybridized carbons (Fsp3) is 0.571. The summed E-state index contributed by atoms with van der Waals surface area (Å²) in [5.41, 5.74) is 0.680. The van der Waals surface area contributed by atoms with Gasteiger partial charge in [0.1, 0.15) is 0 Å². The van der Waals surface area contributed by atoms with Crippen LogP contribution in [-0.4, -0.2) is 11.5 Å². The third-order valence-electron chi connectivity index (χ3n) is 4.04. The Hall–Kier alpha value is -1.13. The molecule has 2 unspecified atom stereocenters. The van der Waals surface area contributed by atoms with Crippen LogP contribution in [0.3, 0.4) is 0 Å². The summed E-state index contributed by atoms with van der Waals surface area (Å²) < 4.78 is 0. The van der Waals surface area contributed by atoms with Crippen LogP contribution in [0.15, 0.2) is 18.2 Å². The Kier molecular flexibility index (Phi) is 4.77. The molecule has 0 amide bonds. The van der Waals surface area contributed by atoms with E-state index >= 15 is 0 Å². The number of hydrogen-bond acceptors (Lipinski definition) is 3. The highest BCUT2D eigenvalue weighted by molar-refractivity contribution is 6.31. The molecule has 0 heterocycles. The summed E-state index contributed by atoms with van der Waals surface area (Å²) in [7, 11) is 0. The third-order valence-corrected chi connectivity index (χ3v) is 4.39. The summed E-state index contributed by atoms with van der Waals surface area (Å²) in [6.45, 7) is 3.64. The second-order valence-corrected chi connectivity index (χ2v) is 5.70. The van der Waals surface area contributed by atoms with Crippen molar-refractivity contribution in [2.45, 2.75) is 32.7 Å². The Morgan fingerprint density at radius 3 is 2.89 bits per heavy atom. The van der Waals surface area contributed by atoms with Crippen molar-refractivity contribution in [2.75, 3.05) is 6.54 Å². The first-order valence-corrected chi connectivity index (χ1v) is 7.10. The highest BCUT2D eigenvalue weighted by Gasteiger charge is 2.23. The summed E-state index contributed by atoms with van der Waals surface area (Å²) in [4.78, 5) is 10.6. The maximum absolute atomic E-state index is 11.0. The highest BCUT2D eigenvalue weighted by atomic mass is 35.5. The van der Waals surface area contributed by atoms with Crippen LogP contribution in [-0.2, 0) is 6.54 Å². The van der Waals surface area contributed by atoms with E-state index in [0.717, 1.165) is 12.5 Å². The van der Waals surface area contributed by atoms with Crippen LogP contribution < -0.4 is 5.32 Å². The molecule has 2 rings (SSSR count). The van der Waals surface area contributed by atoms with E-state index in [9.17, 15) is 10.1 Å². The molecule has 1 N–H and O–H groups in total. The van der Waals surface area contributed by atoms with Crippen molar-refractivity contribution in [3.8, 4) is 0 Å². The van der Waals surface area contributed by atoms with E-state index in [4.69, 9.17) is 11.6 Å². The van der Waals surface area contributed by atoms with Crippen molar-refractivity contribution < 1.29 is 4.92 Å². The molecular formula is C14H19ClN2O2. The maximum atomic E-state index is 11.0. The van der Waals surface area contributed by atoms with Crippen LogP contribution >= 0.6 is 11.6 Å². The topological polar surface area (TPSA) is 55.2 Å². The maximum Gasteiger partial charge on any atom is 0.275 e. The number of halogens is 1. The largest absolute Gasteiger partial charge is 0.312 e. The number of benzene rings is 1. The molecule has 0 radical (unpaired) electrons. The second kappa shape index (κ2) is 6.35. The summed E-state index contributed by atoms with van der Waals surface area (Å²) in [6.07, 6.45) is 3.83. The van der Waals surface area contributed by atoms with Crippen LogP contribution in [0, 0.1) is 22.0 Å². The van der Waals surface area contributed by atoms with Gasteiger partial charge < -0.3 is 5.32 Å². The van der Waals surface area contributed by atoms with Crippen molar-refractivity contribution in [2.24, 2.45) is 11.8 Å². The second-order valence-electron chi connectivity index (χ2n) is 5.29. The third kappa shape index (κ3) is 3.45. The van der Waals surface area contributed by atoms with Gasteiger partial charge in [-0.3, -0.25) is 10.1 Å². The van der Waals surface area contributed by atoms with Crippen molar-refractivity contribution in [3.63, 3.8) is 0 Å². The molecule has 0 bridgehead atoms. The molecule has 1 aromatic rings. The normalized spacial score (nSPS) is 22.6. The summed E-state index contributed by atoms with van der Waals surface area (Å²) in [5.74, 6) is 1.43. The molecule has 1 fully saturated rings. The lowest BCUT2D eigenvalue weighted by atomic mass is 9.98. The molecule has 0 saturated heterocycles.